The quantitative estimate of drug-likeness (QED) is 0.850. The van der Waals surface area contributed by atoms with Crippen molar-refractivity contribution in [2.24, 2.45) is 5.92 Å². The molecule has 0 saturated carbocycles. The van der Waals surface area contributed by atoms with E-state index in [-0.39, 0.29) is 11.9 Å². The Balaban J connectivity index is 2.08. The van der Waals surface area contributed by atoms with Gasteiger partial charge in [-0.1, -0.05) is 25.1 Å². The highest BCUT2D eigenvalue weighted by Gasteiger charge is 2.22. The van der Waals surface area contributed by atoms with Crippen LogP contribution in [0.1, 0.15) is 31.4 Å². The monoisotopic (exact) mass is 237 g/mol. The minimum absolute atomic E-state index is 0.105. The van der Waals surface area contributed by atoms with E-state index >= 15 is 0 Å². The van der Waals surface area contributed by atoms with Gasteiger partial charge < -0.3 is 10.1 Å². The SMILES string of the molecule is CCNC(CC1CCOC1)c1ccccc1F. The number of rotatable bonds is 5. The molecule has 1 fully saturated rings. The molecule has 1 aliphatic rings. The van der Waals surface area contributed by atoms with Crippen LogP contribution >= 0.6 is 0 Å². The molecule has 2 nitrogen and oxygen atoms in total. The molecule has 1 aliphatic heterocycles. The summed E-state index contributed by atoms with van der Waals surface area (Å²) in [5.74, 6) is 0.441. The van der Waals surface area contributed by atoms with Crippen molar-refractivity contribution >= 4 is 0 Å². The van der Waals surface area contributed by atoms with Gasteiger partial charge in [-0.15, -0.1) is 0 Å². The Bertz CT molecular complexity index is 350. The third-order valence-corrected chi connectivity index (χ3v) is 3.32. The Morgan fingerprint density at radius 2 is 2.29 bits per heavy atom. The van der Waals surface area contributed by atoms with Gasteiger partial charge in [0, 0.05) is 24.8 Å². The third-order valence-electron chi connectivity index (χ3n) is 3.32. The van der Waals surface area contributed by atoms with Crippen molar-refractivity contribution < 1.29 is 9.13 Å². The maximum atomic E-state index is 13.8. The van der Waals surface area contributed by atoms with Crippen molar-refractivity contribution in [1.82, 2.24) is 5.32 Å². The molecule has 0 radical (unpaired) electrons. The molecule has 0 aliphatic carbocycles. The van der Waals surface area contributed by atoms with Crippen LogP contribution in [0.2, 0.25) is 0 Å². The van der Waals surface area contributed by atoms with Crippen LogP contribution in [-0.4, -0.2) is 19.8 Å². The maximum absolute atomic E-state index is 13.8. The summed E-state index contributed by atoms with van der Waals surface area (Å²) in [6.45, 7) is 4.57. The lowest BCUT2D eigenvalue weighted by Gasteiger charge is -2.21. The lowest BCUT2D eigenvalue weighted by atomic mass is 9.94. The van der Waals surface area contributed by atoms with E-state index in [4.69, 9.17) is 4.74 Å². The normalized spacial score (nSPS) is 21.6. The number of nitrogens with one attached hydrogen (secondary N) is 1. The molecule has 2 atom stereocenters. The first-order chi connectivity index (χ1) is 8.31. The topological polar surface area (TPSA) is 21.3 Å². The number of halogens is 1. The van der Waals surface area contributed by atoms with E-state index in [0.29, 0.717) is 5.92 Å². The zero-order chi connectivity index (χ0) is 12.1. The Hall–Kier alpha value is -0.930. The standard InChI is InChI=1S/C14H20FNO/c1-2-16-14(9-11-7-8-17-10-11)12-5-3-4-6-13(12)15/h3-6,11,14,16H,2,7-10H2,1H3. The molecule has 2 unspecified atom stereocenters. The second-order valence-corrected chi connectivity index (χ2v) is 4.60. The van der Waals surface area contributed by atoms with Gasteiger partial charge in [0.1, 0.15) is 5.82 Å². The zero-order valence-corrected chi connectivity index (χ0v) is 10.3. The molecule has 1 aromatic carbocycles. The van der Waals surface area contributed by atoms with Gasteiger partial charge in [-0.2, -0.15) is 0 Å². The summed E-state index contributed by atoms with van der Waals surface area (Å²) in [5, 5.41) is 3.37. The number of hydrogen-bond donors (Lipinski definition) is 1. The molecule has 94 valence electrons. The Morgan fingerprint density at radius 3 is 2.94 bits per heavy atom. The first kappa shape index (κ1) is 12.5. The predicted molar refractivity (Wildman–Crippen MR) is 66.4 cm³/mol. The van der Waals surface area contributed by atoms with Crippen LogP contribution in [0.15, 0.2) is 24.3 Å². The molecule has 0 bridgehead atoms. The van der Waals surface area contributed by atoms with Crippen LogP contribution in [0.25, 0.3) is 0 Å². The fourth-order valence-electron chi connectivity index (χ4n) is 2.43. The van der Waals surface area contributed by atoms with E-state index in [9.17, 15) is 4.39 Å². The third kappa shape index (κ3) is 3.27. The van der Waals surface area contributed by atoms with Crippen LogP contribution < -0.4 is 5.32 Å². The minimum Gasteiger partial charge on any atom is -0.381 e. The first-order valence-electron chi connectivity index (χ1n) is 6.36. The molecule has 1 aromatic rings. The Kier molecular flexibility index (Phi) is 4.51. The highest BCUT2D eigenvalue weighted by atomic mass is 19.1. The average molecular weight is 237 g/mol. The average Bonchev–Trinajstić information content (AvgIpc) is 2.82. The van der Waals surface area contributed by atoms with Crippen molar-refractivity contribution in [2.75, 3.05) is 19.8 Å². The summed E-state index contributed by atoms with van der Waals surface area (Å²) < 4.78 is 19.1. The molecule has 0 spiro atoms. The predicted octanol–water partition coefficient (Wildman–Crippen LogP) is 2.90. The first-order valence-corrected chi connectivity index (χ1v) is 6.36. The van der Waals surface area contributed by atoms with Crippen molar-refractivity contribution in [1.29, 1.82) is 0 Å². The van der Waals surface area contributed by atoms with Gasteiger partial charge in [-0.3, -0.25) is 0 Å². The molecule has 1 heterocycles. The molecule has 3 heteroatoms. The van der Waals surface area contributed by atoms with Gasteiger partial charge in [-0.25, -0.2) is 4.39 Å². The van der Waals surface area contributed by atoms with Crippen LogP contribution in [0, 0.1) is 11.7 Å². The lowest BCUT2D eigenvalue weighted by molar-refractivity contribution is 0.181. The van der Waals surface area contributed by atoms with Gasteiger partial charge in [0.15, 0.2) is 0 Å². The smallest absolute Gasteiger partial charge is 0.127 e. The fraction of sp³-hybridized carbons (Fsp3) is 0.571. The lowest BCUT2D eigenvalue weighted by Crippen LogP contribution is -2.24. The molecule has 2 rings (SSSR count). The molecular formula is C14H20FNO. The van der Waals surface area contributed by atoms with Crippen LogP contribution in [0.5, 0.6) is 0 Å². The summed E-state index contributed by atoms with van der Waals surface area (Å²) in [7, 11) is 0. The molecule has 17 heavy (non-hydrogen) atoms. The van der Waals surface area contributed by atoms with Crippen molar-refractivity contribution in [3.05, 3.63) is 35.6 Å². The van der Waals surface area contributed by atoms with Gasteiger partial charge >= 0.3 is 0 Å². The maximum Gasteiger partial charge on any atom is 0.127 e. The Labute approximate surface area is 102 Å². The van der Waals surface area contributed by atoms with Gasteiger partial charge in [0.25, 0.3) is 0 Å². The summed E-state index contributed by atoms with van der Waals surface area (Å²) in [4.78, 5) is 0. The van der Waals surface area contributed by atoms with Crippen LogP contribution in [-0.2, 0) is 4.74 Å². The fourth-order valence-corrected chi connectivity index (χ4v) is 2.43. The van der Waals surface area contributed by atoms with Crippen LogP contribution in [0.3, 0.4) is 0 Å². The summed E-state index contributed by atoms with van der Waals surface area (Å²) in [5.41, 5.74) is 0.779. The number of benzene rings is 1. The summed E-state index contributed by atoms with van der Waals surface area (Å²) >= 11 is 0. The number of ether oxygens (including phenoxy) is 1. The number of hydrogen-bond acceptors (Lipinski definition) is 2. The second-order valence-electron chi connectivity index (χ2n) is 4.60. The van der Waals surface area contributed by atoms with E-state index in [1.54, 1.807) is 6.07 Å². The molecular weight excluding hydrogens is 217 g/mol. The van der Waals surface area contributed by atoms with E-state index in [1.807, 2.05) is 12.1 Å². The van der Waals surface area contributed by atoms with Crippen molar-refractivity contribution in [3.63, 3.8) is 0 Å². The zero-order valence-electron chi connectivity index (χ0n) is 10.3. The van der Waals surface area contributed by atoms with E-state index in [2.05, 4.69) is 12.2 Å². The van der Waals surface area contributed by atoms with Crippen molar-refractivity contribution in [3.8, 4) is 0 Å². The highest BCUT2D eigenvalue weighted by Crippen LogP contribution is 2.27. The Morgan fingerprint density at radius 1 is 1.47 bits per heavy atom. The largest absolute Gasteiger partial charge is 0.381 e. The molecule has 0 amide bonds. The molecule has 1 N–H and O–H groups in total. The molecule has 1 saturated heterocycles. The van der Waals surface area contributed by atoms with Crippen LogP contribution in [0.4, 0.5) is 4.39 Å². The molecule has 0 aromatic heterocycles. The second kappa shape index (κ2) is 6.12. The summed E-state index contributed by atoms with van der Waals surface area (Å²) in [6.07, 6.45) is 2.05. The van der Waals surface area contributed by atoms with E-state index in [0.717, 1.165) is 38.2 Å². The van der Waals surface area contributed by atoms with E-state index < -0.39 is 0 Å². The highest BCUT2D eigenvalue weighted by molar-refractivity contribution is 5.21. The van der Waals surface area contributed by atoms with Gasteiger partial charge in [0.2, 0.25) is 0 Å². The minimum atomic E-state index is -0.114. The summed E-state index contributed by atoms with van der Waals surface area (Å²) in [6, 6.07) is 7.14. The van der Waals surface area contributed by atoms with Gasteiger partial charge in [0.05, 0.1) is 0 Å². The van der Waals surface area contributed by atoms with E-state index in [1.165, 1.54) is 6.07 Å². The van der Waals surface area contributed by atoms with Gasteiger partial charge in [-0.05, 0) is 31.4 Å². The van der Waals surface area contributed by atoms with Crippen molar-refractivity contribution in [2.45, 2.75) is 25.8 Å².